The average molecular weight is 593 g/mol. The standard InChI is InChI=1S/C35H36N4O5/c1-24-10-9-19-37(22-24)30-18-17-28(21-31(30)39(42)43)35(41)44-23-32(40)38-34(26-13-6-3-7-14-26)29-16-8-15-27(33(29)36-38)20-25-11-4-2-5-12-25/h2-7,11-14,17-18,20-21,24,29,34H,8-10,15-16,19,22-23H2,1H3. The van der Waals surface area contributed by atoms with Crippen LogP contribution in [-0.4, -0.2) is 47.2 Å². The van der Waals surface area contributed by atoms with Gasteiger partial charge in [0.15, 0.2) is 6.61 Å². The van der Waals surface area contributed by atoms with Gasteiger partial charge in [0.05, 0.1) is 22.2 Å². The van der Waals surface area contributed by atoms with Crippen molar-refractivity contribution in [2.24, 2.45) is 16.9 Å². The molecule has 1 saturated carbocycles. The fourth-order valence-corrected chi connectivity index (χ4v) is 6.69. The Morgan fingerprint density at radius 1 is 1.02 bits per heavy atom. The smallest absolute Gasteiger partial charge is 0.338 e. The fraction of sp³-hybridized carbons (Fsp3) is 0.343. The molecule has 3 aromatic rings. The summed E-state index contributed by atoms with van der Waals surface area (Å²) in [7, 11) is 0. The van der Waals surface area contributed by atoms with E-state index in [0.29, 0.717) is 11.6 Å². The van der Waals surface area contributed by atoms with E-state index in [4.69, 9.17) is 9.84 Å². The third-order valence-electron chi connectivity index (χ3n) is 8.77. The molecule has 0 aromatic heterocycles. The lowest BCUT2D eigenvalue weighted by molar-refractivity contribution is -0.384. The highest BCUT2D eigenvalue weighted by molar-refractivity contribution is 6.08. The highest BCUT2D eigenvalue weighted by Crippen LogP contribution is 2.44. The number of hydrazone groups is 1. The van der Waals surface area contributed by atoms with Gasteiger partial charge >= 0.3 is 5.97 Å². The van der Waals surface area contributed by atoms with E-state index in [0.717, 1.165) is 67.6 Å². The number of amides is 1. The molecule has 9 heteroatoms. The minimum Gasteiger partial charge on any atom is -0.452 e. The number of esters is 1. The molecule has 2 fully saturated rings. The van der Waals surface area contributed by atoms with Crippen LogP contribution in [0.2, 0.25) is 0 Å². The Hall–Kier alpha value is -4.79. The monoisotopic (exact) mass is 592 g/mol. The summed E-state index contributed by atoms with van der Waals surface area (Å²) in [6.45, 7) is 3.06. The van der Waals surface area contributed by atoms with Crippen LogP contribution < -0.4 is 4.90 Å². The van der Waals surface area contributed by atoms with Gasteiger partial charge in [-0.15, -0.1) is 0 Å². The number of benzene rings is 3. The lowest BCUT2D eigenvalue weighted by Gasteiger charge is -2.32. The van der Waals surface area contributed by atoms with Crippen LogP contribution in [0, 0.1) is 22.0 Å². The number of anilines is 1. The van der Waals surface area contributed by atoms with Crippen LogP contribution in [0.1, 0.15) is 66.6 Å². The zero-order chi connectivity index (χ0) is 30.6. The highest BCUT2D eigenvalue weighted by atomic mass is 16.6. The zero-order valence-electron chi connectivity index (χ0n) is 24.8. The largest absolute Gasteiger partial charge is 0.452 e. The van der Waals surface area contributed by atoms with Gasteiger partial charge < -0.3 is 9.64 Å². The number of nitro groups is 1. The van der Waals surface area contributed by atoms with Crippen LogP contribution in [0.3, 0.4) is 0 Å². The highest BCUT2D eigenvalue weighted by Gasteiger charge is 2.43. The predicted molar refractivity (Wildman–Crippen MR) is 169 cm³/mol. The van der Waals surface area contributed by atoms with Crippen LogP contribution in [0.25, 0.3) is 6.08 Å². The number of rotatable bonds is 7. The molecule has 9 nitrogen and oxygen atoms in total. The van der Waals surface area contributed by atoms with E-state index in [1.807, 2.05) is 65.6 Å². The molecule has 0 bridgehead atoms. The summed E-state index contributed by atoms with van der Waals surface area (Å²) in [4.78, 5) is 40.2. The maximum Gasteiger partial charge on any atom is 0.338 e. The molecule has 6 rings (SSSR count). The summed E-state index contributed by atoms with van der Waals surface area (Å²) in [5, 5.41) is 18.3. The quantitative estimate of drug-likeness (QED) is 0.170. The summed E-state index contributed by atoms with van der Waals surface area (Å²) >= 11 is 0. The lowest BCUT2D eigenvalue weighted by Crippen LogP contribution is -2.35. The molecule has 0 spiro atoms. The molecule has 2 heterocycles. The van der Waals surface area contributed by atoms with Crippen molar-refractivity contribution in [3.63, 3.8) is 0 Å². The Bertz CT molecular complexity index is 1600. The van der Waals surface area contributed by atoms with Crippen molar-refractivity contribution >= 4 is 35.0 Å². The molecule has 3 aromatic carbocycles. The third-order valence-corrected chi connectivity index (χ3v) is 8.77. The summed E-state index contributed by atoms with van der Waals surface area (Å²) < 4.78 is 5.45. The maximum atomic E-state index is 13.6. The Morgan fingerprint density at radius 3 is 2.50 bits per heavy atom. The SMILES string of the molecule is CC1CCCN(c2ccc(C(=O)OCC(=O)N3N=C4C(=Cc5ccccc5)CCCC4C3c3ccccc3)cc2[N+](=O)[O-])C1. The number of nitrogens with zero attached hydrogens (tertiary/aromatic N) is 4. The number of ether oxygens (including phenoxy) is 1. The molecule has 3 unspecified atom stereocenters. The molecule has 226 valence electrons. The van der Waals surface area contributed by atoms with Crippen LogP contribution >= 0.6 is 0 Å². The maximum absolute atomic E-state index is 13.6. The Balaban J connectivity index is 1.22. The Labute approximate surface area is 257 Å². The second-order valence-electron chi connectivity index (χ2n) is 11.9. The van der Waals surface area contributed by atoms with E-state index >= 15 is 0 Å². The van der Waals surface area contributed by atoms with E-state index in [1.165, 1.54) is 17.1 Å². The van der Waals surface area contributed by atoms with Crippen molar-refractivity contribution in [2.75, 3.05) is 24.6 Å². The normalized spacial score (nSPS) is 22.3. The average Bonchev–Trinajstić information content (AvgIpc) is 3.45. The van der Waals surface area contributed by atoms with Crippen molar-refractivity contribution in [1.82, 2.24) is 5.01 Å². The lowest BCUT2D eigenvalue weighted by atomic mass is 9.77. The number of nitro benzene ring substituents is 1. The van der Waals surface area contributed by atoms with E-state index in [1.54, 1.807) is 6.07 Å². The number of fused-ring (bicyclic) bond motifs is 1. The molecule has 44 heavy (non-hydrogen) atoms. The van der Waals surface area contributed by atoms with Gasteiger partial charge in [-0.05, 0) is 72.9 Å². The van der Waals surface area contributed by atoms with Gasteiger partial charge in [-0.1, -0.05) is 67.6 Å². The molecule has 1 amide bonds. The first kappa shape index (κ1) is 29.3. The topological polar surface area (TPSA) is 105 Å². The van der Waals surface area contributed by atoms with Crippen molar-refractivity contribution in [2.45, 2.75) is 45.1 Å². The van der Waals surface area contributed by atoms with Gasteiger partial charge in [-0.25, -0.2) is 9.80 Å². The van der Waals surface area contributed by atoms with Gasteiger partial charge in [0.2, 0.25) is 0 Å². The third kappa shape index (κ3) is 6.13. The summed E-state index contributed by atoms with van der Waals surface area (Å²) in [5.41, 5.74) is 4.44. The number of carbonyl (C=O) groups excluding carboxylic acids is 2. The molecule has 3 atom stereocenters. The fourth-order valence-electron chi connectivity index (χ4n) is 6.69. The van der Waals surface area contributed by atoms with Crippen LogP contribution in [-0.2, 0) is 9.53 Å². The first-order valence-corrected chi connectivity index (χ1v) is 15.3. The molecule has 1 saturated heterocycles. The molecule has 1 aliphatic carbocycles. The Morgan fingerprint density at radius 2 is 1.77 bits per heavy atom. The van der Waals surface area contributed by atoms with E-state index in [-0.39, 0.29) is 23.2 Å². The number of hydrogen-bond acceptors (Lipinski definition) is 7. The Kier molecular flexibility index (Phi) is 8.54. The summed E-state index contributed by atoms with van der Waals surface area (Å²) in [6, 6.07) is 24.0. The molecular formula is C35H36N4O5. The van der Waals surface area contributed by atoms with Gasteiger partial charge in [0, 0.05) is 25.1 Å². The van der Waals surface area contributed by atoms with E-state index in [2.05, 4.69) is 13.0 Å². The number of hydrogen-bond donors (Lipinski definition) is 0. The van der Waals surface area contributed by atoms with Gasteiger partial charge in [0.1, 0.15) is 5.69 Å². The van der Waals surface area contributed by atoms with Crippen LogP contribution in [0.5, 0.6) is 0 Å². The van der Waals surface area contributed by atoms with Crippen molar-refractivity contribution in [3.05, 3.63) is 111 Å². The summed E-state index contributed by atoms with van der Waals surface area (Å²) in [6.07, 6.45) is 6.92. The second kappa shape index (κ2) is 12.8. The van der Waals surface area contributed by atoms with Crippen LogP contribution in [0.4, 0.5) is 11.4 Å². The second-order valence-corrected chi connectivity index (χ2v) is 11.9. The van der Waals surface area contributed by atoms with Crippen LogP contribution in [0.15, 0.2) is 89.5 Å². The van der Waals surface area contributed by atoms with Crippen molar-refractivity contribution in [3.8, 4) is 0 Å². The van der Waals surface area contributed by atoms with Gasteiger partial charge in [-0.3, -0.25) is 14.9 Å². The van der Waals surface area contributed by atoms with Gasteiger partial charge in [-0.2, -0.15) is 5.10 Å². The van der Waals surface area contributed by atoms with E-state index < -0.39 is 23.4 Å². The number of allylic oxidation sites excluding steroid dienone is 1. The number of carbonyl (C=O) groups is 2. The van der Waals surface area contributed by atoms with Crippen molar-refractivity contribution in [1.29, 1.82) is 0 Å². The molecule has 2 aliphatic heterocycles. The molecule has 3 aliphatic rings. The van der Waals surface area contributed by atoms with Crippen molar-refractivity contribution < 1.29 is 19.2 Å². The summed E-state index contributed by atoms with van der Waals surface area (Å²) in [5.74, 6) is -0.776. The first-order chi connectivity index (χ1) is 21.4. The number of piperidine rings is 1. The first-order valence-electron chi connectivity index (χ1n) is 15.3. The predicted octanol–water partition coefficient (Wildman–Crippen LogP) is 6.81. The minimum atomic E-state index is -0.787. The molecular weight excluding hydrogens is 556 g/mol. The molecule has 0 radical (unpaired) electrons. The van der Waals surface area contributed by atoms with E-state index in [9.17, 15) is 19.7 Å². The minimum absolute atomic E-state index is 0.0217. The zero-order valence-corrected chi connectivity index (χ0v) is 24.8. The van der Waals surface area contributed by atoms with Gasteiger partial charge in [0.25, 0.3) is 11.6 Å². The molecule has 0 N–H and O–H groups in total.